The van der Waals surface area contributed by atoms with Gasteiger partial charge in [-0.1, -0.05) is 12.1 Å². The lowest BCUT2D eigenvalue weighted by atomic mass is 9.77. The minimum atomic E-state index is -4.32. The molecule has 0 unspecified atom stereocenters. The van der Waals surface area contributed by atoms with E-state index in [1.54, 1.807) is 24.1 Å². The summed E-state index contributed by atoms with van der Waals surface area (Å²) in [6.45, 7) is 0.920. The van der Waals surface area contributed by atoms with E-state index in [-0.39, 0.29) is 23.8 Å². The molecule has 0 bridgehead atoms. The van der Waals surface area contributed by atoms with Crippen molar-refractivity contribution in [2.45, 2.75) is 31.0 Å². The number of H-pyrrole nitrogens is 1. The second-order valence-corrected chi connectivity index (χ2v) is 8.54. The zero-order valence-corrected chi connectivity index (χ0v) is 17.5. The lowest BCUT2D eigenvalue weighted by Crippen LogP contribution is -2.43. The molecular formula is C24H23F3N2O3. The number of carbonyl (C=O) groups excluding carboxylic acids is 1. The van der Waals surface area contributed by atoms with Gasteiger partial charge in [0.25, 0.3) is 0 Å². The molecule has 0 radical (unpaired) electrons. The largest absolute Gasteiger partial charge is 0.490 e. The number of hydrogen-bond donors (Lipinski definition) is 1. The number of anilines is 1. The maximum atomic E-state index is 12.7. The predicted molar refractivity (Wildman–Crippen MR) is 114 cm³/mol. The van der Waals surface area contributed by atoms with Crippen LogP contribution in [0.4, 0.5) is 18.9 Å². The summed E-state index contributed by atoms with van der Waals surface area (Å²) in [6.07, 6.45) is -0.985. The van der Waals surface area contributed by atoms with E-state index in [9.17, 15) is 18.0 Å². The summed E-state index contributed by atoms with van der Waals surface area (Å²) >= 11 is 0. The Balaban J connectivity index is 1.24. The van der Waals surface area contributed by atoms with Gasteiger partial charge < -0.3 is 19.4 Å². The number of carbonyl (C=O) groups is 1. The van der Waals surface area contributed by atoms with Crippen LogP contribution in [0.3, 0.4) is 0 Å². The number of hydrogen-bond acceptors (Lipinski definition) is 3. The highest BCUT2D eigenvalue weighted by Crippen LogP contribution is 2.41. The van der Waals surface area contributed by atoms with Gasteiger partial charge in [0.05, 0.1) is 36.5 Å². The molecule has 168 valence electrons. The van der Waals surface area contributed by atoms with Crippen molar-refractivity contribution in [2.75, 3.05) is 25.2 Å². The minimum absolute atomic E-state index is 0.00798. The topological polar surface area (TPSA) is 54.6 Å². The van der Waals surface area contributed by atoms with E-state index in [1.165, 1.54) is 0 Å². The number of nitrogens with zero attached hydrogens (tertiary/aromatic N) is 1. The molecule has 1 N–H and O–H groups in total. The first-order valence-electron chi connectivity index (χ1n) is 10.6. The fourth-order valence-corrected chi connectivity index (χ4v) is 4.28. The molecular weight excluding hydrogens is 421 g/mol. The van der Waals surface area contributed by atoms with Crippen LogP contribution in [0.15, 0.2) is 48.7 Å². The van der Waals surface area contributed by atoms with Crippen LogP contribution in [0, 0.1) is 5.92 Å². The number of benzene rings is 2. The molecule has 2 aromatic carbocycles. The minimum Gasteiger partial charge on any atom is -0.490 e. The van der Waals surface area contributed by atoms with Crippen molar-refractivity contribution in [1.29, 1.82) is 0 Å². The Hall–Kier alpha value is -3.00. The molecule has 0 spiro atoms. The average molecular weight is 444 g/mol. The monoisotopic (exact) mass is 444 g/mol. The van der Waals surface area contributed by atoms with Crippen molar-refractivity contribution in [2.24, 2.45) is 5.92 Å². The first kappa shape index (κ1) is 20.9. The normalized spacial score (nSPS) is 21.1. The molecule has 1 saturated heterocycles. The van der Waals surface area contributed by atoms with E-state index in [2.05, 4.69) is 4.98 Å². The average Bonchev–Trinajstić information content (AvgIpc) is 3.11. The number of fused-ring (bicyclic) bond motifs is 1. The van der Waals surface area contributed by atoms with E-state index < -0.39 is 11.7 Å². The number of ether oxygens (including phenoxy) is 2. The maximum absolute atomic E-state index is 12.7. The van der Waals surface area contributed by atoms with Crippen molar-refractivity contribution < 1.29 is 27.4 Å². The standard InChI is InChI=1S/C24H23F3N2O3/c1-29(23(30)16-12-31-13-16)22-11-28-21-7-6-18(10-20(21)22)32-19-8-15(9-19)14-2-4-17(5-3-14)24(25,26)27/h2-7,10-11,15-16,19,28H,8-9,12-13H2,1H3. The van der Waals surface area contributed by atoms with Gasteiger partial charge in [-0.25, -0.2) is 0 Å². The van der Waals surface area contributed by atoms with Gasteiger partial charge >= 0.3 is 6.18 Å². The number of alkyl halides is 3. The predicted octanol–water partition coefficient (Wildman–Crippen LogP) is 5.12. The summed E-state index contributed by atoms with van der Waals surface area (Å²) in [5.74, 6) is 0.840. The van der Waals surface area contributed by atoms with E-state index in [4.69, 9.17) is 9.47 Å². The van der Waals surface area contributed by atoms with E-state index in [0.717, 1.165) is 47.1 Å². The third-order valence-corrected chi connectivity index (χ3v) is 6.42. The SMILES string of the molecule is CN(C(=O)C1COC1)c1c[nH]c2ccc(OC3CC(c4ccc(C(F)(F)F)cc4)C3)cc12. The quantitative estimate of drug-likeness (QED) is 0.594. The Morgan fingerprint density at radius 1 is 1.12 bits per heavy atom. The molecule has 32 heavy (non-hydrogen) atoms. The second-order valence-electron chi connectivity index (χ2n) is 8.54. The number of amides is 1. The van der Waals surface area contributed by atoms with E-state index in [1.807, 2.05) is 24.4 Å². The van der Waals surface area contributed by atoms with Gasteiger partial charge in [-0.15, -0.1) is 0 Å². The molecule has 1 saturated carbocycles. The van der Waals surface area contributed by atoms with Crippen molar-refractivity contribution in [1.82, 2.24) is 4.98 Å². The van der Waals surface area contributed by atoms with E-state index in [0.29, 0.717) is 19.0 Å². The van der Waals surface area contributed by atoms with E-state index >= 15 is 0 Å². The van der Waals surface area contributed by atoms with Crippen molar-refractivity contribution in [3.05, 3.63) is 59.8 Å². The van der Waals surface area contributed by atoms with Gasteiger partial charge in [-0.3, -0.25) is 4.79 Å². The highest BCUT2D eigenvalue weighted by molar-refractivity contribution is 6.04. The molecule has 0 atom stereocenters. The number of aromatic nitrogens is 1. The number of halogens is 3. The van der Waals surface area contributed by atoms with Crippen LogP contribution >= 0.6 is 0 Å². The third kappa shape index (κ3) is 3.83. The summed E-state index contributed by atoms with van der Waals surface area (Å²) < 4.78 is 49.5. The first-order valence-corrected chi connectivity index (χ1v) is 10.6. The Bertz CT molecular complexity index is 1130. The van der Waals surface area contributed by atoms with Crippen LogP contribution in [0.2, 0.25) is 0 Å². The molecule has 1 amide bonds. The molecule has 3 aromatic rings. The van der Waals surface area contributed by atoms with Crippen LogP contribution in [0.5, 0.6) is 5.75 Å². The smallest absolute Gasteiger partial charge is 0.416 e. The van der Waals surface area contributed by atoms with Crippen LogP contribution in [0.25, 0.3) is 10.9 Å². The fraction of sp³-hybridized carbons (Fsp3) is 0.375. The molecule has 1 aliphatic carbocycles. The van der Waals surface area contributed by atoms with Crippen molar-refractivity contribution in [3.63, 3.8) is 0 Å². The Kier molecular flexibility index (Phi) is 5.12. The Morgan fingerprint density at radius 2 is 1.84 bits per heavy atom. The Morgan fingerprint density at radius 3 is 2.47 bits per heavy atom. The summed E-state index contributed by atoms with van der Waals surface area (Å²) in [6, 6.07) is 11.1. The van der Waals surface area contributed by atoms with Crippen LogP contribution < -0.4 is 9.64 Å². The summed E-state index contributed by atoms with van der Waals surface area (Å²) in [5.41, 5.74) is 1.98. The molecule has 5 nitrogen and oxygen atoms in total. The lowest BCUT2D eigenvalue weighted by Gasteiger charge is -2.36. The van der Waals surface area contributed by atoms with Gasteiger partial charge in [0.15, 0.2) is 0 Å². The molecule has 1 aliphatic heterocycles. The number of aromatic amines is 1. The van der Waals surface area contributed by atoms with Crippen LogP contribution in [0.1, 0.15) is 29.9 Å². The highest BCUT2D eigenvalue weighted by atomic mass is 19.4. The van der Waals surface area contributed by atoms with Gasteiger partial charge in [0, 0.05) is 24.1 Å². The fourth-order valence-electron chi connectivity index (χ4n) is 4.28. The lowest BCUT2D eigenvalue weighted by molar-refractivity contribution is -0.137. The molecule has 2 fully saturated rings. The second kappa shape index (κ2) is 7.85. The van der Waals surface area contributed by atoms with Crippen LogP contribution in [-0.4, -0.2) is 37.3 Å². The van der Waals surface area contributed by atoms with Gasteiger partial charge in [-0.05, 0) is 54.7 Å². The highest BCUT2D eigenvalue weighted by Gasteiger charge is 2.34. The van der Waals surface area contributed by atoms with Crippen molar-refractivity contribution in [3.8, 4) is 5.75 Å². The summed E-state index contributed by atoms with van der Waals surface area (Å²) in [4.78, 5) is 17.4. The van der Waals surface area contributed by atoms with Crippen LogP contribution in [-0.2, 0) is 15.7 Å². The molecule has 5 rings (SSSR count). The molecule has 1 aromatic heterocycles. The molecule has 2 aliphatic rings. The van der Waals surface area contributed by atoms with Gasteiger partial charge in [0.2, 0.25) is 5.91 Å². The van der Waals surface area contributed by atoms with Gasteiger partial charge in [0.1, 0.15) is 5.75 Å². The summed E-state index contributed by atoms with van der Waals surface area (Å²) in [7, 11) is 1.76. The number of nitrogens with one attached hydrogen (secondary N) is 1. The zero-order valence-electron chi connectivity index (χ0n) is 17.5. The van der Waals surface area contributed by atoms with Crippen molar-refractivity contribution >= 4 is 22.5 Å². The molecule has 2 heterocycles. The first-order chi connectivity index (χ1) is 15.3. The zero-order chi connectivity index (χ0) is 22.5. The summed E-state index contributed by atoms with van der Waals surface area (Å²) in [5, 5.41) is 0.900. The molecule has 8 heteroatoms. The number of rotatable bonds is 5. The Labute approximate surface area is 183 Å². The van der Waals surface area contributed by atoms with Gasteiger partial charge in [-0.2, -0.15) is 13.2 Å². The third-order valence-electron chi connectivity index (χ3n) is 6.42. The maximum Gasteiger partial charge on any atom is 0.416 e.